The molecule has 1 aliphatic heterocycles. The van der Waals surface area contributed by atoms with Crippen molar-refractivity contribution >= 4 is 22.6 Å². The largest absolute Gasteiger partial charge is 0.346 e. The highest BCUT2D eigenvalue weighted by molar-refractivity contribution is 14.1. The lowest BCUT2D eigenvalue weighted by Gasteiger charge is -2.12. The fourth-order valence-electron chi connectivity index (χ4n) is 2.75. The molecule has 0 unspecified atom stereocenters. The van der Waals surface area contributed by atoms with Crippen LogP contribution in [0.25, 0.3) is 0 Å². The van der Waals surface area contributed by atoms with Crippen LogP contribution in [0.1, 0.15) is 48.7 Å². The van der Waals surface area contributed by atoms with Crippen LogP contribution in [0.3, 0.4) is 0 Å². The first-order valence-electron chi connectivity index (χ1n) is 8.20. The number of ether oxygens (including phenoxy) is 2. The minimum absolute atomic E-state index is 0.238. The molecule has 0 saturated carbocycles. The van der Waals surface area contributed by atoms with Crippen molar-refractivity contribution in [2.24, 2.45) is 0 Å². The van der Waals surface area contributed by atoms with Gasteiger partial charge >= 0.3 is 0 Å². The Morgan fingerprint density at radius 2 is 2.00 bits per heavy atom. The molecule has 2 heterocycles. The second-order valence-corrected chi connectivity index (χ2v) is 6.81. The smallest absolute Gasteiger partial charge is 0.184 e. The molecule has 0 aliphatic carbocycles. The summed E-state index contributed by atoms with van der Waals surface area (Å²) >= 11 is 2.22. The SMILES string of the molecule is CCCCc1nc(C#N)c(I)n1Cc1ccc(C2OCCO2)cc1. The third-order valence-electron chi connectivity index (χ3n) is 4.06. The van der Waals surface area contributed by atoms with E-state index < -0.39 is 0 Å². The van der Waals surface area contributed by atoms with Crippen LogP contribution in [-0.4, -0.2) is 22.8 Å². The summed E-state index contributed by atoms with van der Waals surface area (Å²) in [5, 5.41) is 9.25. The van der Waals surface area contributed by atoms with E-state index in [1.807, 2.05) is 12.1 Å². The molecule has 1 aliphatic rings. The van der Waals surface area contributed by atoms with Gasteiger partial charge in [0.1, 0.15) is 15.6 Å². The van der Waals surface area contributed by atoms with E-state index in [9.17, 15) is 5.26 Å². The zero-order valence-corrected chi connectivity index (χ0v) is 15.8. The Hall–Kier alpha value is -1.43. The number of hydrogen-bond donors (Lipinski definition) is 0. The molecule has 6 heteroatoms. The minimum atomic E-state index is -0.238. The maximum absolute atomic E-state index is 9.25. The molecule has 0 atom stereocenters. The number of aromatic nitrogens is 2. The lowest BCUT2D eigenvalue weighted by atomic mass is 10.1. The number of imidazole rings is 1. The van der Waals surface area contributed by atoms with E-state index in [4.69, 9.17) is 9.47 Å². The number of benzene rings is 1. The van der Waals surface area contributed by atoms with E-state index in [-0.39, 0.29) is 6.29 Å². The fourth-order valence-corrected chi connectivity index (χ4v) is 3.44. The Bertz CT molecular complexity index is 728. The number of rotatable bonds is 6. The number of unbranched alkanes of at least 4 members (excludes halogenated alkanes) is 1. The molecule has 0 spiro atoms. The number of hydrogen-bond acceptors (Lipinski definition) is 4. The first kappa shape index (κ1) is 17.4. The Balaban J connectivity index is 1.79. The molecule has 0 bridgehead atoms. The van der Waals surface area contributed by atoms with Crippen LogP contribution in [-0.2, 0) is 22.4 Å². The first-order valence-corrected chi connectivity index (χ1v) is 9.28. The second-order valence-electron chi connectivity index (χ2n) is 5.78. The molecule has 126 valence electrons. The van der Waals surface area contributed by atoms with Crippen LogP contribution in [0.5, 0.6) is 0 Å². The van der Waals surface area contributed by atoms with Crippen LogP contribution < -0.4 is 0 Å². The topological polar surface area (TPSA) is 60.1 Å². The summed E-state index contributed by atoms with van der Waals surface area (Å²) in [5.41, 5.74) is 2.74. The summed E-state index contributed by atoms with van der Waals surface area (Å²) in [6.45, 7) is 4.18. The Kier molecular flexibility index (Phi) is 5.87. The van der Waals surface area contributed by atoms with Crippen molar-refractivity contribution in [1.82, 2.24) is 9.55 Å². The molecule has 0 N–H and O–H groups in total. The van der Waals surface area contributed by atoms with Crippen molar-refractivity contribution < 1.29 is 9.47 Å². The van der Waals surface area contributed by atoms with E-state index in [2.05, 4.69) is 57.3 Å². The Morgan fingerprint density at radius 1 is 1.29 bits per heavy atom. The second kappa shape index (κ2) is 8.10. The molecule has 5 nitrogen and oxygen atoms in total. The molecule has 0 amide bonds. The zero-order valence-electron chi connectivity index (χ0n) is 13.7. The van der Waals surface area contributed by atoms with Gasteiger partial charge in [0.2, 0.25) is 0 Å². The first-order chi connectivity index (χ1) is 11.7. The molecule has 1 aromatic heterocycles. The van der Waals surface area contributed by atoms with Crippen LogP contribution >= 0.6 is 22.6 Å². The molecule has 2 aromatic rings. The van der Waals surface area contributed by atoms with Crippen molar-refractivity contribution in [3.05, 3.63) is 50.6 Å². The van der Waals surface area contributed by atoms with E-state index in [1.165, 1.54) is 5.56 Å². The predicted octanol–water partition coefficient (Wildman–Crippen LogP) is 3.80. The molecule has 1 saturated heterocycles. The maximum Gasteiger partial charge on any atom is 0.184 e. The Labute approximate surface area is 155 Å². The number of nitriles is 1. The standard InChI is InChI=1S/C18H20IN3O2/c1-2-3-4-16-21-15(11-20)17(19)22(16)12-13-5-7-14(8-6-13)18-23-9-10-24-18/h5-8,18H,2-4,9-10,12H2,1H3. The average Bonchev–Trinajstić information content (AvgIpc) is 3.24. The predicted molar refractivity (Wildman–Crippen MR) is 98.5 cm³/mol. The number of aryl methyl sites for hydroxylation is 1. The third kappa shape index (κ3) is 3.79. The maximum atomic E-state index is 9.25. The summed E-state index contributed by atoms with van der Waals surface area (Å²) in [6.07, 6.45) is 2.85. The van der Waals surface area contributed by atoms with Crippen molar-refractivity contribution in [3.8, 4) is 6.07 Å². The van der Waals surface area contributed by atoms with E-state index in [1.54, 1.807) is 0 Å². The van der Waals surface area contributed by atoms with Gasteiger partial charge in [0.25, 0.3) is 0 Å². The molecular weight excluding hydrogens is 417 g/mol. The van der Waals surface area contributed by atoms with E-state index >= 15 is 0 Å². The van der Waals surface area contributed by atoms with Crippen molar-refractivity contribution in [1.29, 1.82) is 5.26 Å². The summed E-state index contributed by atoms with van der Waals surface area (Å²) in [7, 11) is 0. The molecule has 3 rings (SSSR count). The highest BCUT2D eigenvalue weighted by atomic mass is 127. The van der Waals surface area contributed by atoms with Gasteiger partial charge in [-0.05, 0) is 34.6 Å². The lowest BCUT2D eigenvalue weighted by Crippen LogP contribution is -2.07. The fraction of sp³-hybridized carbons (Fsp3) is 0.444. The summed E-state index contributed by atoms with van der Waals surface area (Å²) in [4.78, 5) is 4.50. The highest BCUT2D eigenvalue weighted by Crippen LogP contribution is 2.24. The lowest BCUT2D eigenvalue weighted by molar-refractivity contribution is -0.0441. The van der Waals surface area contributed by atoms with Crippen molar-refractivity contribution in [2.45, 2.75) is 39.0 Å². The van der Waals surface area contributed by atoms with Crippen molar-refractivity contribution in [3.63, 3.8) is 0 Å². The zero-order chi connectivity index (χ0) is 16.9. The minimum Gasteiger partial charge on any atom is -0.346 e. The van der Waals surface area contributed by atoms with Gasteiger partial charge in [0, 0.05) is 18.5 Å². The summed E-state index contributed by atoms with van der Waals surface area (Å²) in [6, 6.07) is 10.5. The van der Waals surface area contributed by atoms with Gasteiger partial charge in [-0.15, -0.1) is 0 Å². The molecule has 1 aromatic carbocycles. The highest BCUT2D eigenvalue weighted by Gasteiger charge is 2.18. The van der Waals surface area contributed by atoms with Crippen LogP contribution in [0.2, 0.25) is 0 Å². The third-order valence-corrected chi connectivity index (χ3v) is 5.15. The van der Waals surface area contributed by atoms with Gasteiger partial charge in [-0.1, -0.05) is 37.6 Å². The summed E-state index contributed by atoms with van der Waals surface area (Å²) < 4.78 is 14.1. The van der Waals surface area contributed by atoms with Gasteiger partial charge in [-0.25, -0.2) is 4.98 Å². The van der Waals surface area contributed by atoms with Gasteiger partial charge in [0.15, 0.2) is 12.0 Å². The number of halogens is 1. The van der Waals surface area contributed by atoms with Gasteiger partial charge in [-0.2, -0.15) is 5.26 Å². The molecular formula is C18H20IN3O2. The molecule has 1 fully saturated rings. The molecule has 24 heavy (non-hydrogen) atoms. The van der Waals surface area contributed by atoms with Crippen LogP contribution in [0.15, 0.2) is 24.3 Å². The number of nitrogens with zero attached hydrogens (tertiary/aromatic N) is 3. The van der Waals surface area contributed by atoms with Crippen LogP contribution in [0.4, 0.5) is 0 Å². The van der Waals surface area contributed by atoms with E-state index in [0.29, 0.717) is 18.9 Å². The van der Waals surface area contributed by atoms with Crippen LogP contribution in [0, 0.1) is 15.0 Å². The molecule has 0 radical (unpaired) electrons. The quantitative estimate of drug-likeness (QED) is 0.646. The van der Waals surface area contributed by atoms with Gasteiger partial charge in [-0.3, -0.25) is 0 Å². The normalized spacial score (nSPS) is 14.9. The summed E-state index contributed by atoms with van der Waals surface area (Å²) in [5.74, 6) is 0.990. The average molecular weight is 437 g/mol. The van der Waals surface area contributed by atoms with E-state index in [0.717, 1.165) is 40.9 Å². The van der Waals surface area contributed by atoms with Crippen molar-refractivity contribution in [2.75, 3.05) is 13.2 Å². The monoisotopic (exact) mass is 437 g/mol. The van der Waals surface area contributed by atoms with Gasteiger partial charge < -0.3 is 14.0 Å². The Morgan fingerprint density at radius 3 is 2.62 bits per heavy atom. The van der Waals surface area contributed by atoms with Gasteiger partial charge in [0.05, 0.1) is 13.2 Å².